The smallest absolute Gasteiger partial charge is 0.0372 e. The van der Waals surface area contributed by atoms with Gasteiger partial charge in [0.05, 0.1) is 0 Å². The zero-order chi connectivity index (χ0) is 38.1. The summed E-state index contributed by atoms with van der Waals surface area (Å²) >= 11 is 0. The average Bonchev–Trinajstić information content (AvgIpc) is 3.51. The van der Waals surface area contributed by atoms with Crippen molar-refractivity contribution in [1.29, 1.82) is 0 Å². The first-order chi connectivity index (χ1) is 28.0. The maximum Gasteiger partial charge on any atom is 0.0372 e. The normalized spacial score (nSPS) is 16.3. The van der Waals surface area contributed by atoms with Gasteiger partial charge in [-0.3, -0.25) is 0 Å². The molecular weight excluding hydrogens is 689 g/mol. The van der Waals surface area contributed by atoms with E-state index < -0.39 is 0 Å². The molecule has 0 saturated carbocycles. The van der Waals surface area contributed by atoms with Gasteiger partial charge in [-0.2, -0.15) is 0 Å². The van der Waals surface area contributed by atoms with Crippen LogP contribution in [0.2, 0.25) is 0 Å². The van der Waals surface area contributed by atoms with Gasteiger partial charge in [-0.05, 0) is 157 Å². The topological polar surface area (TPSA) is 6.48 Å². The van der Waals surface area contributed by atoms with Gasteiger partial charge in [0.2, 0.25) is 0 Å². The highest BCUT2D eigenvalue weighted by atomic mass is 15.1. The molecule has 1 aliphatic carbocycles. The fourth-order valence-corrected chi connectivity index (χ4v) is 10.7. The Kier molecular flexibility index (Phi) is 8.24. The highest BCUT2D eigenvalue weighted by molar-refractivity contribution is 6.24. The first-order valence-electron chi connectivity index (χ1n) is 21.4. The SMILES string of the molecule is CC1(C)c2ccccc2-c2cc(-c3ccc(-c4c5cc(N6CCCCC6)ccc5c(-c5cccc6ccccc56)c5cc(N6CCCCC6)ccc45)cc3)ccc21. The van der Waals surface area contributed by atoms with Crippen LogP contribution in [0.15, 0.2) is 146 Å². The van der Waals surface area contributed by atoms with E-state index in [1.165, 1.54) is 138 Å². The van der Waals surface area contributed by atoms with Crippen molar-refractivity contribution in [3.05, 3.63) is 157 Å². The predicted octanol–water partition coefficient (Wildman–Crippen LogP) is 14.4. The molecule has 0 N–H and O–H groups in total. The van der Waals surface area contributed by atoms with E-state index in [0.29, 0.717) is 0 Å². The molecule has 2 heteroatoms. The Morgan fingerprint density at radius 2 is 0.912 bits per heavy atom. The van der Waals surface area contributed by atoms with Crippen molar-refractivity contribution in [1.82, 2.24) is 0 Å². The van der Waals surface area contributed by atoms with E-state index in [1.54, 1.807) is 0 Å². The fourth-order valence-electron chi connectivity index (χ4n) is 10.7. The molecule has 0 radical (unpaired) electrons. The number of benzene rings is 8. The molecule has 8 aromatic rings. The van der Waals surface area contributed by atoms with Crippen molar-refractivity contribution < 1.29 is 0 Å². The molecule has 0 aromatic heterocycles. The molecule has 0 unspecified atom stereocenters. The van der Waals surface area contributed by atoms with Crippen molar-refractivity contribution in [2.75, 3.05) is 36.0 Å². The van der Waals surface area contributed by atoms with Gasteiger partial charge in [0.25, 0.3) is 0 Å². The first-order valence-corrected chi connectivity index (χ1v) is 21.4. The monoisotopic (exact) mass is 738 g/mol. The minimum Gasteiger partial charge on any atom is -0.372 e. The third-order valence-electron chi connectivity index (χ3n) is 13.7. The summed E-state index contributed by atoms with van der Waals surface area (Å²) in [6.07, 6.45) is 7.69. The molecule has 2 saturated heterocycles. The van der Waals surface area contributed by atoms with Crippen LogP contribution in [0.3, 0.4) is 0 Å². The predicted molar refractivity (Wildman–Crippen MR) is 245 cm³/mol. The van der Waals surface area contributed by atoms with Crippen LogP contribution in [0.25, 0.3) is 76.8 Å². The van der Waals surface area contributed by atoms with Gasteiger partial charge >= 0.3 is 0 Å². The second kappa shape index (κ2) is 13.7. The van der Waals surface area contributed by atoms with Gasteiger partial charge in [-0.1, -0.05) is 129 Å². The summed E-state index contributed by atoms with van der Waals surface area (Å²) in [7, 11) is 0. The van der Waals surface area contributed by atoms with Crippen LogP contribution >= 0.6 is 0 Å². The van der Waals surface area contributed by atoms with Crippen LogP contribution in [-0.4, -0.2) is 26.2 Å². The van der Waals surface area contributed by atoms with Gasteiger partial charge in [0, 0.05) is 43.0 Å². The molecule has 3 aliphatic rings. The number of hydrogen-bond acceptors (Lipinski definition) is 2. The Bertz CT molecular complexity index is 2830. The Morgan fingerprint density at radius 3 is 1.63 bits per heavy atom. The summed E-state index contributed by atoms with van der Waals surface area (Å²) in [5.41, 5.74) is 16.1. The van der Waals surface area contributed by atoms with E-state index in [9.17, 15) is 0 Å². The van der Waals surface area contributed by atoms with Crippen molar-refractivity contribution >= 4 is 43.7 Å². The third kappa shape index (κ3) is 5.67. The molecule has 8 aromatic carbocycles. The van der Waals surface area contributed by atoms with Crippen LogP contribution < -0.4 is 9.80 Å². The summed E-state index contributed by atoms with van der Waals surface area (Å²) in [4.78, 5) is 5.23. The quantitative estimate of drug-likeness (QED) is 0.162. The number of nitrogens with zero attached hydrogens (tertiary/aromatic N) is 2. The molecule has 0 atom stereocenters. The lowest BCUT2D eigenvalue weighted by atomic mass is 9.82. The van der Waals surface area contributed by atoms with E-state index in [1.807, 2.05) is 0 Å². The minimum atomic E-state index is 0.00947. The largest absolute Gasteiger partial charge is 0.372 e. The standard InChI is InChI=1S/C55H50N2/c1-55(2)51-19-8-7-17-44(51)48-34-40(24-29-52(48)55)37-20-22-39(23-21-37)53-46-27-25-42(57-32-11-4-12-33-57)36-50(46)54(45-18-13-15-38-14-5-6-16-43(38)45)47-28-26-41(35-49(47)53)56-30-9-3-10-31-56/h5-8,13-29,34-36H,3-4,9-12,30-33H2,1-2H3. The number of hydrogen-bond donors (Lipinski definition) is 0. The van der Waals surface area contributed by atoms with Crippen molar-refractivity contribution in [3.8, 4) is 44.5 Å². The molecule has 280 valence electrons. The van der Waals surface area contributed by atoms with Gasteiger partial charge in [0.1, 0.15) is 0 Å². The number of fused-ring (bicyclic) bond motifs is 6. The zero-order valence-electron chi connectivity index (χ0n) is 33.3. The number of piperidine rings is 2. The third-order valence-corrected chi connectivity index (χ3v) is 13.7. The van der Waals surface area contributed by atoms with E-state index in [4.69, 9.17) is 0 Å². The van der Waals surface area contributed by atoms with E-state index in [0.717, 1.165) is 26.2 Å². The zero-order valence-corrected chi connectivity index (χ0v) is 33.3. The molecule has 0 bridgehead atoms. The molecule has 57 heavy (non-hydrogen) atoms. The summed E-state index contributed by atoms with van der Waals surface area (Å²) < 4.78 is 0. The summed E-state index contributed by atoms with van der Waals surface area (Å²) in [6, 6.07) is 56.1. The van der Waals surface area contributed by atoms with Crippen LogP contribution in [0.4, 0.5) is 11.4 Å². The summed E-state index contributed by atoms with van der Waals surface area (Å²) in [5.74, 6) is 0. The lowest BCUT2D eigenvalue weighted by molar-refractivity contribution is 0.578. The molecule has 2 aliphatic heterocycles. The highest BCUT2D eigenvalue weighted by Gasteiger charge is 2.35. The van der Waals surface area contributed by atoms with Crippen molar-refractivity contribution in [3.63, 3.8) is 0 Å². The van der Waals surface area contributed by atoms with Gasteiger partial charge in [-0.15, -0.1) is 0 Å². The fraction of sp³-hybridized carbons (Fsp3) is 0.236. The van der Waals surface area contributed by atoms with Crippen LogP contribution in [-0.2, 0) is 5.41 Å². The Morgan fingerprint density at radius 1 is 0.368 bits per heavy atom. The average molecular weight is 739 g/mol. The van der Waals surface area contributed by atoms with Gasteiger partial charge < -0.3 is 9.80 Å². The first kappa shape index (κ1) is 34.4. The van der Waals surface area contributed by atoms with Crippen LogP contribution in [0, 0.1) is 0 Å². The second-order valence-electron chi connectivity index (χ2n) is 17.3. The minimum absolute atomic E-state index is 0.00947. The molecule has 2 nitrogen and oxygen atoms in total. The Balaban J connectivity index is 1.13. The molecule has 2 heterocycles. The molecular formula is C55H50N2. The highest BCUT2D eigenvalue weighted by Crippen LogP contribution is 2.51. The lowest BCUT2D eigenvalue weighted by Crippen LogP contribution is -2.29. The van der Waals surface area contributed by atoms with Gasteiger partial charge in [-0.25, -0.2) is 0 Å². The number of anilines is 2. The van der Waals surface area contributed by atoms with Crippen molar-refractivity contribution in [2.45, 2.75) is 57.8 Å². The lowest BCUT2D eigenvalue weighted by Gasteiger charge is -2.30. The number of rotatable bonds is 5. The molecule has 2 fully saturated rings. The Hall–Kier alpha value is -5.86. The van der Waals surface area contributed by atoms with E-state index in [-0.39, 0.29) is 5.41 Å². The molecule has 0 amide bonds. The second-order valence-corrected chi connectivity index (χ2v) is 17.3. The summed E-state index contributed by atoms with van der Waals surface area (Å²) in [5, 5.41) is 7.92. The summed E-state index contributed by atoms with van der Waals surface area (Å²) in [6.45, 7) is 9.23. The molecule has 11 rings (SSSR count). The maximum atomic E-state index is 2.62. The van der Waals surface area contributed by atoms with Gasteiger partial charge in [0.15, 0.2) is 0 Å². The van der Waals surface area contributed by atoms with Crippen LogP contribution in [0.5, 0.6) is 0 Å². The van der Waals surface area contributed by atoms with Crippen molar-refractivity contribution in [2.24, 2.45) is 0 Å². The van der Waals surface area contributed by atoms with E-state index >= 15 is 0 Å². The maximum absolute atomic E-state index is 2.62. The van der Waals surface area contributed by atoms with Crippen LogP contribution in [0.1, 0.15) is 63.5 Å². The molecule has 0 spiro atoms. The van der Waals surface area contributed by atoms with E-state index in [2.05, 4.69) is 169 Å². The Labute approximate surface area is 337 Å².